The molecule has 2 aromatic rings. The number of hydrogen-bond donors (Lipinski definition) is 5. The third kappa shape index (κ3) is 7.38. The number of hydrogen-bond acceptors (Lipinski definition) is 5. The maximum absolute atomic E-state index is 13.2. The lowest BCUT2D eigenvalue weighted by molar-refractivity contribution is -0.139. The molecule has 2 aromatic carbocycles. The molecule has 3 rings (SSSR count). The van der Waals surface area contributed by atoms with Gasteiger partial charge in [-0.25, -0.2) is 0 Å². The summed E-state index contributed by atoms with van der Waals surface area (Å²) in [7, 11) is 0. The number of nitrogens with two attached hydrogens (primary N) is 1. The number of carboxylic acids is 1. The van der Waals surface area contributed by atoms with Gasteiger partial charge in [0.25, 0.3) is 0 Å². The van der Waals surface area contributed by atoms with Gasteiger partial charge in [0.1, 0.15) is 11.9 Å². The van der Waals surface area contributed by atoms with Crippen LogP contribution in [0.1, 0.15) is 48.8 Å². The first-order chi connectivity index (χ1) is 16.7. The van der Waals surface area contributed by atoms with Gasteiger partial charge in [-0.05, 0) is 43.4 Å². The molecule has 0 aromatic heterocycles. The van der Waals surface area contributed by atoms with Gasteiger partial charge in [0.15, 0.2) is 0 Å². The van der Waals surface area contributed by atoms with Crippen molar-refractivity contribution in [1.29, 1.82) is 5.41 Å². The Kier molecular flexibility index (Phi) is 8.97. The topological polar surface area (TPSA) is 149 Å². The van der Waals surface area contributed by atoms with Crippen molar-refractivity contribution in [3.63, 3.8) is 0 Å². The molecular weight excluding hydrogens is 446 g/mol. The molecule has 186 valence electrons. The zero-order chi connectivity index (χ0) is 25.4. The number of likely N-dealkylation sites (tertiary alicyclic amines) is 1. The van der Waals surface area contributed by atoms with Crippen molar-refractivity contribution in [3.8, 4) is 0 Å². The summed E-state index contributed by atoms with van der Waals surface area (Å²) >= 11 is 0. The van der Waals surface area contributed by atoms with Crippen molar-refractivity contribution in [1.82, 2.24) is 15.5 Å². The number of carbonyl (C=O) groups excluding carboxylic acids is 2. The first kappa shape index (κ1) is 25.9. The Bertz CT molecular complexity index is 1040. The number of carbonyl (C=O) groups is 3. The molecule has 0 radical (unpaired) electrons. The smallest absolute Gasteiger partial charge is 0.304 e. The minimum atomic E-state index is -0.904. The van der Waals surface area contributed by atoms with Gasteiger partial charge in [0, 0.05) is 18.7 Å². The van der Waals surface area contributed by atoms with Crippen LogP contribution in [0.15, 0.2) is 54.6 Å². The second-order valence-electron chi connectivity index (χ2n) is 8.89. The summed E-state index contributed by atoms with van der Waals surface area (Å²) in [5.74, 6) is -1.33. The first-order valence-electron chi connectivity index (χ1n) is 11.8. The monoisotopic (exact) mass is 479 g/mol. The fourth-order valence-corrected chi connectivity index (χ4v) is 4.34. The molecule has 3 atom stereocenters. The summed E-state index contributed by atoms with van der Waals surface area (Å²) < 4.78 is 0. The third-order valence-corrected chi connectivity index (χ3v) is 6.38. The van der Waals surface area contributed by atoms with E-state index in [9.17, 15) is 14.4 Å². The van der Waals surface area contributed by atoms with Gasteiger partial charge in [0.05, 0.1) is 12.5 Å². The van der Waals surface area contributed by atoms with Gasteiger partial charge in [0.2, 0.25) is 11.8 Å². The van der Waals surface area contributed by atoms with Crippen molar-refractivity contribution in [2.75, 3.05) is 13.1 Å². The van der Waals surface area contributed by atoms with E-state index in [1.165, 1.54) is 0 Å². The number of nitrogens with zero attached hydrogens (tertiary/aromatic N) is 1. The van der Waals surface area contributed by atoms with Crippen LogP contribution in [0.5, 0.6) is 0 Å². The summed E-state index contributed by atoms with van der Waals surface area (Å²) in [5, 5.41) is 22.2. The maximum Gasteiger partial charge on any atom is 0.304 e. The number of rotatable bonds is 10. The van der Waals surface area contributed by atoms with Crippen molar-refractivity contribution >= 4 is 23.6 Å². The second-order valence-corrected chi connectivity index (χ2v) is 8.89. The number of nitrogen functional groups attached to an aromatic ring is 1. The fraction of sp³-hybridized carbons (Fsp3) is 0.385. The van der Waals surface area contributed by atoms with E-state index >= 15 is 0 Å². The predicted octanol–water partition coefficient (Wildman–Crippen LogP) is 1.81. The largest absolute Gasteiger partial charge is 0.481 e. The van der Waals surface area contributed by atoms with Crippen LogP contribution in [-0.2, 0) is 20.9 Å². The Morgan fingerprint density at radius 1 is 1.14 bits per heavy atom. The van der Waals surface area contributed by atoms with Crippen LogP contribution in [0.4, 0.5) is 0 Å². The molecule has 1 aliphatic heterocycles. The molecule has 9 nitrogen and oxygen atoms in total. The number of aliphatic carboxylic acids is 1. The van der Waals surface area contributed by atoms with Gasteiger partial charge >= 0.3 is 5.97 Å². The summed E-state index contributed by atoms with van der Waals surface area (Å²) in [6.07, 6.45) is 1.36. The minimum absolute atomic E-state index is 0.0217. The van der Waals surface area contributed by atoms with Crippen LogP contribution in [0, 0.1) is 5.41 Å². The molecule has 0 spiro atoms. The van der Waals surface area contributed by atoms with Crippen molar-refractivity contribution in [2.24, 2.45) is 5.73 Å². The molecular formula is C26H33N5O4. The van der Waals surface area contributed by atoms with Crippen LogP contribution < -0.4 is 16.4 Å². The van der Waals surface area contributed by atoms with Crippen LogP contribution in [0.2, 0.25) is 0 Å². The van der Waals surface area contributed by atoms with E-state index in [1.807, 2.05) is 35.2 Å². The van der Waals surface area contributed by atoms with E-state index in [1.54, 1.807) is 31.2 Å². The van der Waals surface area contributed by atoms with Crippen molar-refractivity contribution in [3.05, 3.63) is 71.3 Å². The molecule has 1 fully saturated rings. The molecule has 35 heavy (non-hydrogen) atoms. The van der Waals surface area contributed by atoms with Gasteiger partial charge in [-0.1, -0.05) is 54.6 Å². The number of nitrogens with one attached hydrogen (secondary N) is 3. The number of piperidine rings is 1. The average molecular weight is 480 g/mol. The Morgan fingerprint density at radius 3 is 2.46 bits per heavy atom. The summed E-state index contributed by atoms with van der Waals surface area (Å²) in [6.45, 7) is 2.81. The van der Waals surface area contributed by atoms with Crippen LogP contribution >= 0.6 is 0 Å². The number of benzene rings is 2. The maximum atomic E-state index is 13.2. The summed E-state index contributed by atoms with van der Waals surface area (Å²) in [4.78, 5) is 38.9. The molecule has 0 saturated carbocycles. The molecule has 1 saturated heterocycles. The third-order valence-electron chi connectivity index (χ3n) is 6.38. The Balaban J connectivity index is 1.60. The average Bonchev–Trinajstić information content (AvgIpc) is 2.86. The van der Waals surface area contributed by atoms with E-state index in [0.29, 0.717) is 18.5 Å². The number of carboxylic acid groups (broad SMARTS) is 1. The van der Waals surface area contributed by atoms with Gasteiger partial charge < -0.3 is 21.5 Å². The molecule has 1 aliphatic rings. The zero-order valence-electron chi connectivity index (χ0n) is 19.9. The SMILES string of the molecule is CC(NC(=O)[C@H]1C[C@@H](c2ccccc2)CCN1CCC(=O)O)C(=O)NCc1ccc(C(=N)N)cc1. The highest BCUT2D eigenvalue weighted by Gasteiger charge is 2.35. The standard InChI is InChI=1S/C26H33N5O4/c1-17(25(34)29-16-18-7-9-20(10-8-18)24(27)28)30-26(35)22-15-21(19-5-3-2-4-6-19)11-13-31(22)14-12-23(32)33/h2-10,17,21-22H,11-16H2,1H3,(H3,27,28)(H,29,34)(H,30,35)(H,32,33)/t17?,21-,22+/m0/s1. The molecule has 1 heterocycles. The van der Waals surface area contributed by atoms with Gasteiger partial charge in [-0.3, -0.25) is 24.7 Å². The molecule has 9 heteroatoms. The van der Waals surface area contributed by atoms with Gasteiger partial charge in [-0.2, -0.15) is 0 Å². The Morgan fingerprint density at radius 2 is 1.83 bits per heavy atom. The van der Waals surface area contributed by atoms with E-state index in [-0.39, 0.29) is 43.1 Å². The fourth-order valence-electron chi connectivity index (χ4n) is 4.34. The zero-order valence-corrected chi connectivity index (χ0v) is 19.9. The lowest BCUT2D eigenvalue weighted by Gasteiger charge is -2.39. The normalized spacial score (nSPS) is 18.9. The lowest BCUT2D eigenvalue weighted by Crippen LogP contribution is -2.55. The van der Waals surface area contributed by atoms with Crippen LogP contribution in [-0.4, -0.2) is 58.8 Å². The number of amides is 2. The van der Waals surface area contributed by atoms with E-state index in [4.69, 9.17) is 16.2 Å². The van der Waals surface area contributed by atoms with E-state index in [0.717, 1.165) is 17.5 Å². The lowest BCUT2D eigenvalue weighted by atomic mass is 9.84. The number of amidine groups is 1. The summed E-state index contributed by atoms with van der Waals surface area (Å²) in [6, 6.07) is 15.7. The molecule has 0 bridgehead atoms. The summed E-state index contributed by atoms with van der Waals surface area (Å²) in [5.41, 5.74) is 8.07. The molecule has 2 amide bonds. The molecule has 6 N–H and O–H groups in total. The molecule has 0 aliphatic carbocycles. The predicted molar refractivity (Wildman–Crippen MR) is 133 cm³/mol. The van der Waals surface area contributed by atoms with Crippen LogP contribution in [0.3, 0.4) is 0 Å². The highest BCUT2D eigenvalue weighted by atomic mass is 16.4. The van der Waals surface area contributed by atoms with Crippen LogP contribution in [0.25, 0.3) is 0 Å². The van der Waals surface area contributed by atoms with Gasteiger partial charge in [-0.15, -0.1) is 0 Å². The van der Waals surface area contributed by atoms with E-state index < -0.39 is 18.1 Å². The highest BCUT2D eigenvalue weighted by Crippen LogP contribution is 2.31. The van der Waals surface area contributed by atoms with Crippen molar-refractivity contribution in [2.45, 2.75) is 50.7 Å². The Labute approximate surface area is 205 Å². The quantitative estimate of drug-likeness (QED) is 0.259. The first-order valence-corrected chi connectivity index (χ1v) is 11.8. The minimum Gasteiger partial charge on any atom is -0.481 e. The Hall–Kier alpha value is -3.72. The van der Waals surface area contributed by atoms with Crippen molar-refractivity contribution < 1.29 is 19.5 Å². The van der Waals surface area contributed by atoms with E-state index in [2.05, 4.69) is 10.6 Å². The second kappa shape index (κ2) is 12.1. The molecule has 1 unspecified atom stereocenters. The highest BCUT2D eigenvalue weighted by molar-refractivity contribution is 5.95.